The third-order valence-electron chi connectivity index (χ3n) is 3.15. The lowest BCUT2D eigenvalue weighted by molar-refractivity contribution is -0.312. The second-order valence-electron chi connectivity index (χ2n) is 4.71. The quantitative estimate of drug-likeness (QED) is 0.508. The van der Waals surface area contributed by atoms with E-state index in [9.17, 15) is 9.90 Å². The average Bonchev–Trinajstić information content (AvgIpc) is 2.26. The zero-order chi connectivity index (χ0) is 12.2. The molecular weight excluding hydrogens is 200 g/mol. The van der Waals surface area contributed by atoms with Crippen molar-refractivity contribution in [2.45, 2.75) is 78.1 Å². The summed E-state index contributed by atoms with van der Waals surface area (Å²) >= 11 is 0. The van der Waals surface area contributed by atoms with E-state index in [0.717, 1.165) is 38.5 Å². The Bertz CT molecular complexity index is 154. The van der Waals surface area contributed by atoms with E-state index in [0.29, 0.717) is 0 Å². The van der Waals surface area contributed by atoms with E-state index in [1.807, 2.05) is 0 Å². The summed E-state index contributed by atoms with van der Waals surface area (Å²) in [4.78, 5) is 10.9. The summed E-state index contributed by atoms with van der Waals surface area (Å²) in [6, 6.07) is 0. The lowest BCUT2D eigenvalue weighted by atomic mass is 9.95. The van der Waals surface area contributed by atoms with Gasteiger partial charge < -0.3 is 9.90 Å². The van der Waals surface area contributed by atoms with E-state index >= 15 is 0 Å². The number of aliphatic carboxylic acids is 1. The van der Waals surface area contributed by atoms with Gasteiger partial charge in [0.2, 0.25) is 0 Å². The second kappa shape index (κ2) is 11.0. The molecule has 0 bridgehead atoms. The van der Waals surface area contributed by atoms with Gasteiger partial charge in [-0.3, -0.25) is 0 Å². The number of unbranched alkanes of at least 4 members (excludes halogenated alkanes) is 6. The lowest BCUT2D eigenvalue weighted by Gasteiger charge is -2.17. The van der Waals surface area contributed by atoms with Crippen LogP contribution in [0.4, 0.5) is 0 Å². The first-order valence-electron chi connectivity index (χ1n) is 6.93. The maximum atomic E-state index is 10.9. The van der Waals surface area contributed by atoms with Crippen molar-refractivity contribution >= 4 is 5.97 Å². The molecule has 0 aliphatic carbocycles. The summed E-state index contributed by atoms with van der Waals surface area (Å²) < 4.78 is 0. The third-order valence-corrected chi connectivity index (χ3v) is 3.15. The molecule has 2 nitrogen and oxygen atoms in total. The van der Waals surface area contributed by atoms with Crippen LogP contribution >= 0.6 is 0 Å². The maximum Gasteiger partial charge on any atom is 0.0445 e. The fourth-order valence-corrected chi connectivity index (χ4v) is 2.02. The van der Waals surface area contributed by atoms with Crippen molar-refractivity contribution in [3.8, 4) is 0 Å². The van der Waals surface area contributed by atoms with Crippen LogP contribution in [-0.4, -0.2) is 5.97 Å². The van der Waals surface area contributed by atoms with E-state index in [4.69, 9.17) is 0 Å². The summed E-state index contributed by atoms with van der Waals surface area (Å²) in [5.41, 5.74) is 0. The normalized spacial score (nSPS) is 10.9. The van der Waals surface area contributed by atoms with E-state index in [1.165, 1.54) is 25.7 Å². The van der Waals surface area contributed by atoms with Gasteiger partial charge in [-0.25, -0.2) is 0 Å². The van der Waals surface area contributed by atoms with Gasteiger partial charge in [-0.15, -0.1) is 0 Å². The highest BCUT2D eigenvalue weighted by Crippen LogP contribution is 2.17. The molecule has 0 aromatic heterocycles. The predicted molar refractivity (Wildman–Crippen MR) is 66.0 cm³/mol. The summed E-state index contributed by atoms with van der Waals surface area (Å²) in [5, 5.41) is 10.9. The molecule has 0 fully saturated rings. The smallest absolute Gasteiger partial charge is 0.0445 e. The van der Waals surface area contributed by atoms with E-state index in [-0.39, 0.29) is 5.92 Å². The molecule has 0 spiro atoms. The zero-order valence-electron chi connectivity index (χ0n) is 11.0. The Kier molecular flexibility index (Phi) is 10.6. The summed E-state index contributed by atoms with van der Waals surface area (Å²) in [6.45, 7) is 4.34. The average molecular weight is 227 g/mol. The molecule has 2 heteroatoms. The van der Waals surface area contributed by atoms with Crippen LogP contribution in [0.5, 0.6) is 0 Å². The van der Waals surface area contributed by atoms with Gasteiger partial charge in [0.1, 0.15) is 0 Å². The van der Waals surface area contributed by atoms with Crippen LogP contribution in [0.25, 0.3) is 0 Å². The molecule has 0 heterocycles. The molecule has 0 aromatic rings. The lowest BCUT2D eigenvalue weighted by Crippen LogP contribution is -2.31. The Morgan fingerprint density at radius 1 is 0.875 bits per heavy atom. The Morgan fingerprint density at radius 2 is 1.31 bits per heavy atom. The van der Waals surface area contributed by atoms with Crippen molar-refractivity contribution < 1.29 is 9.90 Å². The largest absolute Gasteiger partial charge is 0.550 e. The van der Waals surface area contributed by atoms with Gasteiger partial charge in [0.15, 0.2) is 0 Å². The van der Waals surface area contributed by atoms with Gasteiger partial charge in [-0.05, 0) is 18.8 Å². The van der Waals surface area contributed by atoms with Crippen LogP contribution in [0, 0.1) is 5.92 Å². The first kappa shape index (κ1) is 15.5. The molecule has 0 N–H and O–H groups in total. The summed E-state index contributed by atoms with van der Waals surface area (Å²) in [5.74, 6) is -1.04. The number of carboxylic acid groups (broad SMARTS) is 1. The number of hydrogen-bond acceptors (Lipinski definition) is 2. The Hall–Kier alpha value is -0.530. The van der Waals surface area contributed by atoms with Crippen molar-refractivity contribution in [2.24, 2.45) is 5.92 Å². The molecule has 0 rings (SSSR count). The molecular formula is C14H27O2-. The minimum absolute atomic E-state index is 0.200. The molecule has 0 aliphatic rings. The summed E-state index contributed by atoms with van der Waals surface area (Å²) in [6.07, 6.45) is 10.9. The van der Waals surface area contributed by atoms with Gasteiger partial charge in [0.05, 0.1) is 0 Å². The van der Waals surface area contributed by atoms with Gasteiger partial charge in [-0.1, -0.05) is 65.2 Å². The molecule has 96 valence electrons. The molecule has 0 atom stereocenters. The molecule has 0 saturated carbocycles. The first-order valence-corrected chi connectivity index (χ1v) is 6.93. The molecule has 0 amide bonds. The van der Waals surface area contributed by atoms with Crippen LogP contribution in [0.2, 0.25) is 0 Å². The van der Waals surface area contributed by atoms with Gasteiger partial charge in [0.25, 0.3) is 0 Å². The number of carboxylic acids is 1. The molecule has 0 radical (unpaired) electrons. The standard InChI is InChI=1S/C14H28O2/c1-3-5-7-9-11-13(14(15)16)12-10-8-6-4-2/h13H,3-12H2,1-2H3,(H,15,16)/p-1. The van der Waals surface area contributed by atoms with Crippen LogP contribution < -0.4 is 5.11 Å². The minimum Gasteiger partial charge on any atom is -0.550 e. The van der Waals surface area contributed by atoms with Gasteiger partial charge >= 0.3 is 0 Å². The number of rotatable bonds is 11. The minimum atomic E-state index is -0.840. The third kappa shape index (κ3) is 8.75. The first-order chi connectivity index (χ1) is 7.72. The van der Waals surface area contributed by atoms with Crippen molar-refractivity contribution in [1.29, 1.82) is 0 Å². The molecule has 0 saturated heterocycles. The van der Waals surface area contributed by atoms with Gasteiger partial charge in [0, 0.05) is 5.97 Å². The number of carbonyl (C=O) groups is 1. The maximum absolute atomic E-state index is 10.9. The zero-order valence-corrected chi connectivity index (χ0v) is 11.0. The molecule has 16 heavy (non-hydrogen) atoms. The van der Waals surface area contributed by atoms with Crippen LogP contribution in [-0.2, 0) is 4.79 Å². The van der Waals surface area contributed by atoms with E-state index in [1.54, 1.807) is 0 Å². The Morgan fingerprint density at radius 3 is 1.62 bits per heavy atom. The van der Waals surface area contributed by atoms with Crippen molar-refractivity contribution in [3.63, 3.8) is 0 Å². The fraction of sp³-hybridized carbons (Fsp3) is 0.929. The number of hydrogen-bond donors (Lipinski definition) is 0. The van der Waals surface area contributed by atoms with Crippen molar-refractivity contribution in [3.05, 3.63) is 0 Å². The Labute approximate surface area is 100 Å². The van der Waals surface area contributed by atoms with Gasteiger partial charge in [-0.2, -0.15) is 0 Å². The molecule has 0 aliphatic heterocycles. The second-order valence-corrected chi connectivity index (χ2v) is 4.71. The Balaban J connectivity index is 3.59. The number of carbonyl (C=O) groups excluding carboxylic acids is 1. The van der Waals surface area contributed by atoms with Crippen LogP contribution in [0.1, 0.15) is 78.1 Å². The van der Waals surface area contributed by atoms with Crippen LogP contribution in [0.3, 0.4) is 0 Å². The highest BCUT2D eigenvalue weighted by atomic mass is 16.4. The summed E-state index contributed by atoms with van der Waals surface area (Å²) in [7, 11) is 0. The van der Waals surface area contributed by atoms with Crippen molar-refractivity contribution in [1.82, 2.24) is 0 Å². The molecule has 0 aromatic carbocycles. The monoisotopic (exact) mass is 227 g/mol. The molecule has 0 unspecified atom stereocenters. The highest BCUT2D eigenvalue weighted by Gasteiger charge is 2.08. The highest BCUT2D eigenvalue weighted by molar-refractivity contribution is 5.67. The van der Waals surface area contributed by atoms with Crippen LogP contribution in [0.15, 0.2) is 0 Å². The van der Waals surface area contributed by atoms with Crippen molar-refractivity contribution in [2.75, 3.05) is 0 Å². The van der Waals surface area contributed by atoms with E-state index < -0.39 is 5.97 Å². The van der Waals surface area contributed by atoms with E-state index in [2.05, 4.69) is 13.8 Å². The SMILES string of the molecule is CCCCCCC(CCCCCC)C(=O)[O-]. The fourth-order valence-electron chi connectivity index (χ4n) is 2.02. The predicted octanol–water partition coefficient (Wildman–Crippen LogP) is 3.29. The topological polar surface area (TPSA) is 40.1 Å².